The summed E-state index contributed by atoms with van der Waals surface area (Å²) in [7, 11) is 1.48. The van der Waals surface area contributed by atoms with E-state index in [9.17, 15) is 10.2 Å². The molecule has 2 rings (SSSR count). The Balaban J connectivity index is 2.16. The van der Waals surface area contributed by atoms with Crippen LogP contribution in [0.2, 0.25) is 0 Å². The summed E-state index contributed by atoms with van der Waals surface area (Å²) in [5, 5.41) is 19.2. The van der Waals surface area contributed by atoms with Gasteiger partial charge in [-0.3, -0.25) is 0 Å². The van der Waals surface area contributed by atoms with Gasteiger partial charge in [0.1, 0.15) is 6.61 Å². The minimum atomic E-state index is 0.0656. The van der Waals surface area contributed by atoms with Crippen LogP contribution in [-0.2, 0) is 6.61 Å². The second-order valence-electron chi connectivity index (χ2n) is 3.73. The predicted molar refractivity (Wildman–Crippen MR) is 67.1 cm³/mol. The van der Waals surface area contributed by atoms with Crippen molar-refractivity contribution in [1.29, 1.82) is 0 Å². The lowest BCUT2D eigenvalue weighted by Crippen LogP contribution is -1.99. The third kappa shape index (κ3) is 2.48. The lowest BCUT2D eigenvalue weighted by Gasteiger charge is -2.12. The van der Waals surface area contributed by atoms with Crippen LogP contribution in [0.25, 0.3) is 0 Å². The maximum atomic E-state index is 9.61. The lowest BCUT2D eigenvalue weighted by molar-refractivity contribution is 0.279. The third-order valence-corrected chi connectivity index (χ3v) is 2.53. The maximum Gasteiger partial charge on any atom is 0.167 e. The number of benzene rings is 2. The van der Waals surface area contributed by atoms with Gasteiger partial charge in [0.2, 0.25) is 0 Å². The number of phenolic OH excluding ortho intramolecular Hbond substituents is 2. The number of aromatic hydroxyl groups is 2. The van der Waals surface area contributed by atoms with E-state index in [0.717, 1.165) is 0 Å². The van der Waals surface area contributed by atoms with Crippen molar-refractivity contribution in [2.45, 2.75) is 6.61 Å². The highest BCUT2D eigenvalue weighted by Crippen LogP contribution is 2.31. The van der Waals surface area contributed by atoms with Crippen LogP contribution in [0.4, 0.5) is 0 Å². The van der Waals surface area contributed by atoms with Crippen LogP contribution in [0.5, 0.6) is 23.0 Å². The lowest BCUT2D eigenvalue weighted by atomic mass is 10.2. The van der Waals surface area contributed by atoms with Crippen molar-refractivity contribution in [1.82, 2.24) is 0 Å². The Labute approximate surface area is 105 Å². The molecule has 0 atom stereocenters. The van der Waals surface area contributed by atoms with E-state index in [1.807, 2.05) is 0 Å². The van der Waals surface area contributed by atoms with Crippen LogP contribution in [0.3, 0.4) is 0 Å². The van der Waals surface area contributed by atoms with Crippen LogP contribution >= 0.6 is 0 Å². The van der Waals surface area contributed by atoms with Gasteiger partial charge in [-0.2, -0.15) is 0 Å². The van der Waals surface area contributed by atoms with Gasteiger partial charge in [0.05, 0.1) is 7.11 Å². The summed E-state index contributed by atoms with van der Waals surface area (Å²) >= 11 is 0. The molecule has 0 saturated carbocycles. The summed E-state index contributed by atoms with van der Waals surface area (Å²) in [6.07, 6.45) is 0. The zero-order valence-corrected chi connectivity index (χ0v) is 9.96. The van der Waals surface area contributed by atoms with Gasteiger partial charge in [-0.15, -0.1) is 0 Å². The standard InChI is InChI=1S/C14H14O4/c1-17-14-10(5-4-7-12(14)16)9-18-13-8-3-2-6-11(13)15/h2-8,15-16H,9H2,1H3. The Bertz CT molecular complexity index is 537. The Morgan fingerprint density at radius 1 is 0.944 bits per heavy atom. The molecule has 0 aliphatic rings. The summed E-state index contributed by atoms with van der Waals surface area (Å²) in [4.78, 5) is 0. The average molecular weight is 246 g/mol. The predicted octanol–water partition coefficient (Wildman–Crippen LogP) is 2.69. The molecule has 0 aromatic heterocycles. The minimum Gasteiger partial charge on any atom is -0.504 e. The second-order valence-corrected chi connectivity index (χ2v) is 3.73. The van der Waals surface area contributed by atoms with Crippen LogP contribution < -0.4 is 9.47 Å². The van der Waals surface area contributed by atoms with Gasteiger partial charge >= 0.3 is 0 Å². The fourth-order valence-corrected chi connectivity index (χ4v) is 1.66. The van der Waals surface area contributed by atoms with Gasteiger partial charge in [0, 0.05) is 5.56 Å². The van der Waals surface area contributed by atoms with E-state index in [2.05, 4.69) is 0 Å². The number of hydrogen-bond donors (Lipinski definition) is 2. The zero-order chi connectivity index (χ0) is 13.0. The molecule has 0 unspecified atom stereocenters. The molecule has 2 aromatic rings. The smallest absolute Gasteiger partial charge is 0.167 e. The molecular formula is C14H14O4. The highest BCUT2D eigenvalue weighted by molar-refractivity contribution is 5.46. The largest absolute Gasteiger partial charge is 0.504 e. The van der Waals surface area contributed by atoms with Crippen molar-refractivity contribution in [2.75, 3.05) is 7.11 Å². The normalized spacial score (nSPS) is 10.1. The van der Waals surface area contributed by atoms with E-state index >= 15 is 0 Å². The van der Waals surface area contributed by atoms with Crippen molar-refractivity contribution in [2.24, 2.45) is 0 Å². The first kappa shape index (κ1) is 12.1. The number of phenols is 2. The zero-order valence-electron chi connectivity index (χ0n) is 9.96. The molecule has 4 heteroatoms. The van der Waals surface area contributed by atoms with Crippen molar-refractivity contribution in [3.63, 3.8) is 0 Å². The molecule has 0 aliphatic carbocycles. The van der Waals surface area contributed by atoms with Crippen molar-refractivity contribution in [3.8, 4) is 23.0 Å². The fraction of sp³-hybridized carbons (Fsp3) is 0.143. The number of methoxy groups -OCH3 is 1. The second kappa shape index (κ2) is 5.31. The van der Waals surface area contributed by atoms with Gasteiger partial charge in [-0.05, 0) is 18.2 Å². The van der Waals surface area contributed by atoms with Gasteiger partial charge in [0.25, 0.3) is 0 Å². The van der Waals surface area contributed by atoms with Crippen LogP contribution in [-0.4, -0.2) is 17.3 Å². The molecule has 0 fully saturated rings. The molecule has 94 valence electrons. The number of para-hydroxylation sites is 3. The van der Waals surface area contributed by atoms with Crippen molar-refractivity contribution < 1.29 is 19.7 Å². The van der Waals surface area contributed by atoms with Crippen LogP contribution in [0.15, 0.2) is 42.5 Å². The SMILES string of the molecule is COc1c(O)cccc1COc1ccccc1O. The minimum absolute atomic E-state index is 0.0656. The molecule has 0 radical (unpaired) electrons. The number of hydrogen-bond acceptors (Lipinski definition) is 4. The molecule has 2 aromatic carbocycles. The topological polar surface area (TPSA) is 58.9 Å². The Hall–Kier alpha value is -2.36. The molecule has 0 amide bonds. The molecular weight excluding hydrogens is 232 g/mol. The quantitative estimate of drug-likeness (QED) is 0.870. The van der Waals surface area contributed by atoms with E-state index in [-0.39, 0.29) is 18.1 Å². The van der Waals surface area contributed by atoms with E-state index in [1.54, 1.807) is 42.5 Å². The van der Waals surface area contributed by atoms with E-state index in [1.165, 1.54) is 7.11 Å². The van der Waals surface area contributed by atoms with Crippen molar-refractivity contribution in [3.05, 3.63) is 48.0 Å². The average Bonchev–Trinajstić information content (AvgIpc) is 2.38. The molecule has 0 spiro atoms. The number of ether oxygens (including phenoxy) is 2. The first-order chi connectivity index (χ1) is 8.72. The van der Waals surface area contributed by atoms with E-state index < -0.39 is 0 Å². The van der Waals surface area contributed by atoms with Gasteiger partial charge in [-0.1, -0.05) is 24.3 Å². The Kier molecular flexibility index (Phi) is 3.57. The van der Waals surface area contributed by atoms with Gasteiger partial charge in [0.15, 0.2) is 23.0 Å². The molecule has 0 heterocycles. The third-order valence-electron chi connectivity index (χ3n) is 2.53. The molecule has 18 heavy (non-hydrogen) atoms. The van der Waals surface area contributed by atoms with Crippen LogP contribution in [0.1, 0.15) is 5.56 Å². The summed E-state index contributed by atoms with van der Waals surface area (Å²) < 4.78 is 10.6. The molecule has 0 aliphatic heterocycles. The monoisotopic (exact) mass is 246 g/mol. The highest BCUT2D eigenvalue weighted by Gasteiger charge is 2.09. The molecule has 0 saturated heterocycles. The first-order valence-electron chi connectivity index (χ1n) is 5.48. The summed E-state index contributed by atoms with van der Waals surface area (Å²) in [6, 6.07) is 11.8. The summed E-state index contributed by atoms with van der Waals surface area (Å²) in [6.45, 7) is 0.204. The van der Waals surface area contributed by atoms with Gasteiger partial charge < -0.3 is 19.7 Å². The molecule has 4 nitrogen and oxygen atoms in total. The molecule has 2 N–H and O–H groups in total. The maximum absolute atomic E-state index is 9.61. The Morgan fingerprint density at radius 3 is 2.39 bits per heavy atom. The number of rotatable bonds is 4. The van der Waals surface area contributed by atoms with Gasteiger partial charge in [-0.25, -0.2) is 0 Å². The highest BCUT2D eigenvalue weighted by atomic mass is 16.5. The van der Waals surface area contributed by atoms with Crippen molar-refractivity contribution >= 4 is 0 Å². The summed E-state index contributed by atoms with van der Waals surface area (Å²) in [5.41, 5.74) is 0.709. The van der Waals surface area contributed by atoms with E-state index in [4.69, 9.17) is 9.47 Å². The Morgan fingerprint density at radius 2 is 1.67 bits per heavy atom. The van der Waals surface area contributed by atoms with E-state index in [0.29, 0.717) is 17.1 Å². The first-order valence-corrected chi connectivity index (χ1v) is 5.48. The molecule has 0 bridgehead atoms. The summed E-state index contributed by atoms with van der Waals surface area (Å²) in [5.74, 6) is 0.920. The fourth-order valence-electron chi connectivity index (χ4n) is 1.66. The van der Waals surface area contributed by atoms with Crippen LogP contribution in [0, 0.1) is 0 Å².